The number of pyridine rings is 1. The molecule has 2 aromatic heterocycles. The Hall–Kier alpha value is -3.50. The van der Waals surface area contributed by atoms with Gasteiger partial charge in [0.1, 0.15) is 5.75 Å². The quantitative estimate of drug-likeness (QED) is 0.444. The van der Waals surface area contributed by atoms with Crippen molar-refractivity contribution in [1.29, 1.82) is 0 Å². The number of ether oxygens (including phenoxy) is 1. The number of hydrogen-bond acceptors (Lipinski definition) is 3. The first-order chi connectivity index (χ1) is 13.8. The van der Waals surface area contributed by atoms with Crippen LogP contribution in [0.3, 0.4) is 0 Å². The van der Waals surface area contributed by atoms with E-state index in [1.807, 2.05) is 0 Å². The molecule has 0 atom stereocenters. The van der Waals surface area contributed by atoms with Crippen molar-refractivity contribution in [2.75, 3.05) is 0 Å². The molecule has 0 fully saturated rings. The van der Waals surface area contributed by atoms with Crippen LogP contribution in [0.25, 0.3) is 22.2 Å². The Morgan fingerprint density at radius 2 is 1.63 bits per heavy atom. The zero-order valence-corrected chi connectivity index (χ0v) is 15.0. The number of carboxylic acid groups (broad SMARTS) is 1. The largest absolute Gasteiger partial charge is 0.573 e. The first-order valence-electron chi connectivity index (χ1n) is 8.22. The number of nitrogens with zero attached hydrogens (tertiary/aromatic N) is 2. The molecule has 0 saturated heterocycles. The van der Waals surface area contributed by atoms with Crippen molar-refractivity contribution in [2.24, 2.45) is 0 Å². The van der Waals surface area contributed by atoms with Gasteiger partial charge in [0.2, 0.25) is 5.82 Å². The summed E-state index contributed by atoms with van der Waals surface area (Å²) in [5.74, 6) is -3.06. The van der Waals surface area contributed by atoms with Crippen molar-refractivity contribution < 1.29 is 41.0 Å². The van der Waals surface area contributed by atoms with Crippen LogP contribution in [0.2, 0.25) is 0 Å². The second kappa shape index (κ2) is 7.39. The molecule has 0 saturated carbocycles. The number of aromatic nitrogens is 2. The Morgan fingerprint density at radius 3 is 2.17 bits per heavy atom. The van der Waals surface area contributed by atoms with Crippen LogP contribution in [-0.2, 0) is 11.0 Å². The van der Waals surface area contributed by atoms with Crippen LogP contribution in [0.1, 0.15) is 18.4 Å². The van der Waals surface area contributed by atoms with E-state index in [1.165, 1.54) is 31.2 Å². The van der Waals surface area contributed by atoms with E-state index < -0.39 is 30.1 Å². The van der Waals surface area contributed by atoms with E-state index in [0.717, 1.165) is 28.8 Å². The van der Waals surface area contributed by atoms with Crippen LogP contribution in [0, 0.1) is 0 Å². The highest BCUT2D eigenvalue weighted by atomic mass is 19.4. The summed E-state index contributed by atoms with van der Waals surface area (Å²) in [6.45, 7) is 1.32. The number of carbonyl (C=O) groups is 1. The van der Waals surface area contributed by atoms with Gasteiger partial charge in [0.15, 0.2) is 0 Å². The topological polar surface area (TPSA) is 63.8 Å². The third kappa shape index (κ3) is 4.56. The molecule has 2 heterocycles. The Bertz CT molecular complexity index is 1130. The van der Waals surface area contributed by atoms with Gasteiger partial charge in [-0.1, -0.05) is 18.2 Å². The van der Waals surface area contributed by atoms with Crippen LogP contribution < -0.4 is 4.74 Å². The van der Waals surface area contributed by atoms with E-state index in [9.17, 15) is 31.1 Å². The van der Waals surface area contributed by atoms with Gasteiger partial charge >= 0.3 is 18.5 Å². The molecule has 3 rings (SSSR count). The molecule has 0 radical (unpaired) electrons. The maximum atomic E-state index is 13.5. The highest BCUT2D eigenvalue weighted by Gasteiger charge is 2.37. The summed E-state index contributed by atoms with van der Waals surface area (Å²) in [5.41, 5.74) is 0.517. The molecular formula is C19H12F6N2O3. The minimum Gasteiger partial charge on any atom is -0.478 e. The van der Waals surface area contributed by atoms with Crippen LogP contribution in [0.4, 0.5) is 26.3 Å². The summed E-state index contributed by atoms with van der Waals surface area (Å²) in [4.78, 5) is 14.4. The van der Waals surface area contributed by atoms with Gasteiger partial charge in [-0.15, -0.1) is 13.2 Å². The maximum absolute atomic E-state index is 13.5. The molecule has 30 heavy (non-hydrogen) atoms. The van der Waals surface area contributed by atoms with Gasteiger partial charge in [-0.2, -0.15) is 13.2 Å². The van der Waals surface area contributed by atoms with E-state index in [4.69, 9.17) is 5.11 Å². The lowest BCUT2D eigenvalue weighted by Gasteiger charge is -2.10. The van der Waals surface area contributed by atoms with Crippen LogP contribution in [0.5, 0.6) is 5.75 Å². The van der Waals surface area contributed by atoms with E-state index in [0.29, 0.717) is 5.56 Å². The molecule has 3 aromatic rings. The van der Waals surface area contributed by atoms with Crippen molar-refractivity contribution in [3.8, 4) is 16.9 Å². The highest BCUT2D eigenvalue weighted by Crippen LogP contribution is 2.34. The summed E-state index contributed by atoms with van der Waals surface area (Å²) in [7, 11) is 0. The van der Waals surface area contributed by atoms with Crippen LogP contribution in [0.15, 0.2) is 48.7 Å². The number of alkyl halides is 6. The average Bonchev–Trinajstić information content (AvgIpc) is 2.99. The minimum absolute atomic E-state index is 0.0249. The molecule has 0 aliphatic carbocycles. The SMILES string of the molecule is C/C(=C\C(=O)O)c1nc(C(F)(F)F)n2cc(-c3ccc(OC(F)(F)F)cc3)ccc12. The van der Waals surface area contributed by atoms with Crippen molar-refractivity contribution in [3.63, 3.8) is 0 Å². The number of hydrogen-bond donors (Lipinski definition) is 1. The van der Waals surface area contributed by atoms with Gasteiger partial charge < -0.3 is 9.84 Å². The predicted molar refractivity (Wildman–Crippen MR) is 93.6 cm³/mol. The van der Waals surface area contributed by atoms with Crippen molar-refractivity contribution in [2.45, 2.75) is 19.5 Å². The fraction of sp³-hybridized carbons (Fsp3) is 0.158. The maximum Gasteiger partial charge on any atom is 0.573 e. The number of halogens is 6. The average molecular weight is 430 g/mol. The van der Waals surface area contributed by atoms with E-state index in [2.05, 4.69) is 9.72 Å². The normalized spacial score (nSPS) is 13.0. The first-order valence-corrected chi connectivity index (χ1v) is 8.22. The Labute approximate surface area is 164 Å². The third-order valence-electron chi connectivity index (χ3n) is 4.03. The molecule has 0 amide bonds. The third-order valence-corrected chi connectivity index (χ3v) is 4.03. The molecule has 0 aliphatic rings. The summed E-state index contributed by atoms with van der Waals surface area (Å²) < 4.78 is 81.7. The van der Waals surface area contributed by atoms with Gasteiger partial charge in [0.25, 0.3) is 0 Å². The molecule has 0 spiro atoms. The van der Waals surface area contributed by atoms with Gasteiger partial charge in [0, 0.05) is 12.3 Å². The standard InChI is InChI=1S/C19H12F6N2O3/c1-10(8-15(28)29)16-14-7-4-12(9-27(14)17(26-16)18(20,21)22)11-2-5-13(6-3-11)30-19(23,24)25/h2-9H,1H3,(H,28,29)/b10-8+. The zero-order valence-electron chi connectivity index (χ0n) is 15.0. The molecule has 11 heteroatoms. The molecule has 5 nitrogen and oxygen atoms in total. The molecule has 0 aliphatic heterocycles. The lowest BCUT2D eigenvalue weighted by Crippen LogP contribution is -2.16. The number of fused-ring (bicyclic) bond motifs is 1. The Morgan fingerprint density at radius 1 is 1.03 bits per heavy atom. The fourth-order valence-corrected chi connectivity index (χ4v) is 2.85. The lowest BCUT2D eigenvalue weighted by molar-refractivity contribution is -0.274. The number of imidazole rings is 1. The number of aliphatic carboxylic acids is 1. The van der Waals surface area contributed by atoms with Crippen molar-refractivity contribution in [1.82, 2.24) is 9.38 Å². The summed E-state index contributed by atoms with van der Waals surface area (Å²) in [6, 6.07) is 7.39. The first kappa shape index (κ1) is 21.2. The molecule has 0 bridgehead atoms. The number of carboxylic acids is 1. The second-order valence-electron chi connectivity index (χ2n) is 6.19. The highest BCUT2D eigenvalue weighted by molar-refractivity contribution is 5.91. The minimum atomic E-state index is -4.86. The van der Waals surface area contributed by atoms with Gasteiger partial charge in [-0.05, 0) is 41.8 Å². The van der Waals surface area contributed by atoms with Gasteiger partial charge in [0.05, 0.1) is 11.2 Å². The second-order valence-corrected chi connectivity index (χ2v) is 6.19. The van der Waals surface area contributed by atoms with Crippen molar-refractivity contribution >= 4 is 17.1 Å². The lowest BCUT2D eigenvalue weighted by atomic mass is 10.1. The Balaban J connectivity index is 2.10. The Kier molecular flexibility index (Phi) is 5.23. The number of allylic oxidation sites excluding steroid dienone is 1. The number of benzene rings is 1. The molecule has 1 aromatic carbocycles. The molecular weight excluding hydrogens is 418 g/mol. The monoisotopic (exact) mass is 430 g/mol. The fourth-order valence-electron chi connectivity index (χ4n) is 2.85. The van der Waals surface area contributed by atoms with Gasteiger partial charge in [-0.3, -0.25) is 4.40 Å². The smallest absolute Gasteiger partial charge is 0.478 e. The zero-order chi connectivity index (χ0) is 22.3. The van der Waals surface area contributed by atoms with E-state index in [-0.39, 0.29) is 22.3 Å². The van der Waals surface area contributed by atoms with E-state index in [1.54, 1.807) is 0 Å². The molecule has 158 valence electrons. The van der Waals surface area contributed by atoms with Crippen molar-refractivity contribution in [3.05, 3.63) is 60.2 Å². The summed E-state index contributed by atoms with van der Waals surface area (Å²) >= 11 is 0. The van der Waals surface area contributed by atoms with Crippen LogP contribution in [-0.4, -0.2) is 26.8 Å². The van der Waals surface area contributed by atoms with Crippen LogP contribution >= 0.6 is 0 Å². The van der Waals surface area contributed by atoms with Gasteiger partial charge in [-0.25, -0.2) is 9.78 Å². The summed E-state index contributed by atoms with van der Waals surface area (Å²) in [5, 5.41) is 8.86. The number of rotatable bonds is 4. The predicted octanol–water partition coefficient (Wildman–Crippen LogP) is 5.41. The molecule has 0 unspecified atom stereocenters. The van der Waals surface area contributed by atoms with E-state index >= 15 is 0 Å². The molecule has 1 N–H and O–H groups in total. The summed E-state index contributed by atoms with van der Waals surface area (Å²) in [6.07, 6.45) is -7.82.